The Morgan fingerprint density at radius 2 is 2.31 bits per heavy atom. The van der Waals surface area contributed by atoms with E-state index in [-0.39, 0.29) is 5.91 Å². The van der Waals surface area contributed by atoms with Crippen molar-refractivity contribution in [2.24, 2.45) is 0 Å². The average molecular weight is 224 g/mol. The highest BCUT2D eigenvalue weighted by Gasteiger charge is 2.15. The third kappa shape index (κ3) is 2.59. The van der Waals surface area contributed by atoms with Crippen molar-refractivity contribution in [3.63, 3.8) is 0 Å². The molecule has 1 aliphatic rings. The van der Waals surface area contributed by atoms with Gasteiger partial charge in [-0.25, -0.2) is 5.01 Å². The molecule has 6 heteroatoms. The average Bonchev–Trinajstić information content (AvgIpc) is 2.79. The number of hydrogen-bond acceptors (Lipinski definition) is 4. The Hall–Kier alpha value is -1.40. The monoisotopic (exact) mass is 224 g/mol. The summed E-state index contributed by atoms with van der Waals surface area (Å²) >= 11 is 0. The number of aromatic nitrogens is 2. The number of hydrogen-bond donors (Lipinski definition) is 1. The van der Waals surface area contributed by atoms with E-state index in [0.29, 0.717) is 18.9 Å². The van der Waals surface area contributed by atoms with Crippen LogP contribution in [0.15, 0.2) is 12.3 Å². The smallest absolute Gasteiger partial charge is 0.286 e. The second-order valence-electron chi connectivity index (χ2n) is 3.60. The van der Waals surface area contributed by atoms with Crippen molar-refractivity contribution in [2.75, 3.05) is 26.3 Å². The van der Waals surface area contributed by atoms with Crippen molar-refractivity contribution in [2.45, 2.75) is 13.5 Å². The lowest BCUT2D eigenvalue weighted by Gasteiger charge is -2.26. The highest BCUT2D eigenvalue weighted by molar-refractivity contribution is 5.91. The van der Waals surface area contributed by atoms with Crippen LogP contribution in [-0.4, -0.2) is 47.0 Å². The molecule has 1 amide bonds. The molecule has 0 aromatic carbocycles. The van der Waals surface area contributed by atoms with Crippen LogP contribution >= 0.6 is 0 Å². The van der Waals surface area contributed by atoms with Crippen molar-refractivity contribution < 1.29 is 9.53 Å². The molecule has 16 heavy (non-hydrogen) atoms. The van der Waals surface area contributed by atoms with E-state index in [1.807, 2.05) is 11.9 Å². The zero-order valence-electron chi connectivity index (χ0n) is 9.35. The molecule has 2 rings (SSSR count). The molecule has 1 N–H and O–H groups in total. The number of morpholine rings is 1. The van der Waals surface area contributed by atoms with E-state index in [1.54, 1.807) is 16.9 Å². The van der Waals surface area contributed by atoms with E-state index in [2.05, 4.69) is 10.5 Å². The van der Waals surface area contributed by atoms with E-state index in [1.165, 1.54) is 0 Å². The predicted molar refractivity (Wildman–Crippen MR) is 57.8 cm³/mol. The topological polar surface area (TPSA) is 59.4 Å². The van der Waals surface area contributed by atoms with Crippen LogP contribution in [0.4, 0.5) is 0 Å². The van der Waals surface area contributed by atoms with Gasteiger partial charge >= 0.3 is 0 Å². The van der Waals surface area contributed by atoms with E-state index in [4.69, 9.17) is 4.74 Å². The summed E-state index contributed by atoms with van der Waals surface area (Å²) in [5.41, 5.74) is 3.26. The predicted octanol–water partition coefficient (Wildman–Crippen LogP) is -0.120. The van der Waals surface area contributed by atoms with Crippen LogP contribution in [0, 0.1) is 0 Å². The Bertz CT molecular complexity index is 357. The minimum Gasteiger partial charge on any atom is -0.379 e. The number of rotatable bonds is 3. The lowest BCUT2D eigenvalue weighted by atomic mass is 10.4. The van der Waals surface area contributed by atoms with Gasteiger partial charge in [0.2, 0.25) is 0 Å². The molecule has 0 atom stereocenters. The summed E-state index contributed by atoms with van der Waals surface area (Å²) in [7, 11) is 0. The molecule has 0 bridgehead atoms. The van der Waals surface area contributed by atoms with Crippen molar-refractivity contribution in [1.82, 2.24) is 20.2 Å². The normalized spacial score (nSPS) is 17.3. The number of carbonyl (C=O) groups excluding carboxylic acids is 1. The highest BCUT2D eigenvalue weighted by atomic mass is 16.5. The van der Waals surface area contributed by atoms with Gasteiger partial charge in [-0.05, 0) is 13.0 Å². The Morgan fingerprint density at radius 1 is 1.56 bits per heavy atom. The molecule has 1 aromatic heterocycles. The van der Waals surface area contributed by atoms with Crippen molar-refractivity contribution >= 4 is 5.91 Å². The minimum absolute atomic E-state index is 0.158. The fourth-order valence-corrected chi connectivity index (χ4v) is 1.53. The first-order valence-corrected chi connectivity index (χ1v) is 5.46. The number of ether oxygens (including phenoxy) is 1. The van der Waals surface area contributed by atoms with Gasteiger partial charge in [0.15, 0.2) is 5.69 Å². The summed E-state index contributed by atoms with van der Waals surface area (Å²) in [6, 6.07) is 1.72. The van der Waals surface area contributed by atoms with Crippen LogP contribution in [0.1, 0.15) is 17.4 Å². The summed E-state index contributed by atoms with van der Waals surface area (Å²) in [5.74, 6) is -0.158. The molecular formula is C10H16N4O2. The maximum absolute atomic E-state index is 11.8. The standard InChI is InChI=1S/C10H16N4O2/c1-2-13-4-3-9(11-13)10(15)12-14-5-7-16-8-6-14/h3-4H,2,5-8H2,1H3,(H,12,15). The van der Waals surface area contributed by atoms with Gasteiger partial charge in [0, 0.05) is 25.8 Å². The Kier molecular flexibility index (Phi) is 3.53. The number of carbonyl (C=O) groups is 1. The molecule has 2 heterocycles. The number of hydrazine groups is 1. The lowest BCUT2D eigenvalue weighted by molar-refractivity contribution is 0.0124. The molecule has 1 fully saturated rings. The molecule has 1 saturated heterocycles. The molecule has 1 aliphatic heterocycles. The molecular weight excluding hydrogens is 208 g/mol. The van der Waals surface area contributed by atoms with Gasteiger partial charge in [0.05, 0.1) is 13.2 Å². The maximum atomic E-state index is 11.8. The van der Waals surface area contributed by atoms with Crippen LogP contribution < -0.4 is 5.43 Å². The van der Waals surface area contributed by atoms with Crippen LogP contribution in [0.5, 0.6) is 0 Å². The first kappa shape index (κ1) is 11.1. The second kappa shape index (κ2) is 5.09. The van der Waals surface area contributed by atoms with E-state index in [0.717, 1.165) is 19.6 Å². The van der Waals surface area contributed by atoms with Crippen molar-refractivity contribution in [1.29, 1.82) is 0 Å². The Labute approximate surface area is 94.1 Å². The minimum atomic E-state index is -0.158. The summed E-state index contributed by atoms with van der Waals surface area (Å²) < 4.78 is 6.93. The van der Waals surface area contributed by atoms with Gasteiger partial charge in [-0.15, -0.1) is 0 Å². The number of aryl methyl sites for hydroxylation is 1. The number of amides is 1. The van der Waals surface area contributed by atoms with Gasteiger partial charge in [-0.2, -0.15) is 5.10 Å². The third-order valence-corrected chi connectivity index (χ3v) is 2.47. The fourth-order valence-electron chi connectivity index (χ4n) is 1.53. The number of nitrogens with one attached hydrogen (secondary N) is 1. The van der Waals surface area contributed by atoms with Crippen LogP contribution in [0.2, 0.25) is 0 Å². The summed E-state index contributed by atoms with van der Waals surface area (Å²) in [4.78, 5) is 11.8. The first-order chi connectivity index (χ1) is 7.79. The second-order valence-corrected chi connectivity index (χ2v) is 3.60. The van der Waals surface area contributed by atoms with Crippen molar-refractivity contribution in [3.05, 3.63) is 18.0 Å². The zero-order chi connectivity index (χ0) is 11.4. The molecule has 88 valence electrons. The largest absolute Gasteiger partial charge is 0.379 e. The molecule has 1 aromatic rings. The van der Waals surface area contributed by atoms with Crippen LogP contribution in [0.25, 0.3) is 0 Å². The first-order valence-electron chi connectivity index (χ1n) is 5.46. The summed E-state index contributed by atoms with van der Waals surface area (Å²) in [5, 5.41) is 6.00. The SMILES string of the molecule is CCn1ccc(C(=O)NN2CCOCC2)n1. The Morgan fingerprint density at radius 3 is 2.94 bits per heavy atom. The number of nitrogens with zero attached hydrogens (tertiary/aromatic N) is 3. The summed E-state index contributed by atoms with van der Waals surface area (Å²) in [6.07, 6.45) is 1.80. The van der Waals surface area contributed by atoms with Crippen LogP contribution in [-0.2, 0) is 11.3 Å². The molecule has 0 spiro atoms. The highest BCUT2D eigenvalue weighted by Crippen LogP contribution is 1.98. The van der Waals surface area contributed by atoms with Gasteiger partial charge in [-0.1, -0.05) is 0 Å². The van der Waals surface area contributed by atoms with Crippen LogP contribution in [0.3, 0.4) is 0 Å². The Balaban J connectivity index is 1.91. The zero-order valence-corrected chi connectivity index (χ0v) is 9.35. The van der Waals surface area contributed by atoms with Gasteiger partial charge in [0.25, 0.3) is 5.91 Å². The summed E-state index contributed by atoms with van der Waals surface area (Å²) in [6.45, 7) is 5.51. The third-order valence-electron chi connectivity index (χ3n) is 2.47. The molecule has 0 radical (unpaired) electrons. The van der Waals surface area contributed by atoms with Crippen molar-refractivity contribution in [3.8, 4) is 0 Å². The van der Waals surface area contributed by atoms with Gasteiger partial charge < -0.3 is 4.74 Å². The molecule has 0 saturated carbocycles. The van der Waals surface area contributed by atoms with E-state index in [9.17, 15) is 4.79 Å². The maximum Gasteiger partial charge on any atom is 0.286 e. The van der Waals surface area contributed by atoms with Gasteiger partial charge in [-0.3, -0.25) is 14.9 Å². The van der Waals surface area contributed by atoms with E-state index >= 15 is 0 Å². The van der Waals surface area contributed by atoms with Gasteiger partial charge in [0.1, 0.15) is 0 Å². The molecule has 0 aliphatic carbocycles. The lowest BCUT2D eigenvalue weighted by Crippen LogP contribution is -2.48. The molecule has 0 unspecified atom stereocenters. The quantitative estimate of drug-likeness (QED) is 0.777. The van der Waals surface area contributed by atoms with E-state index < -0.39 is 0 Å². The molecule has 6 nitrogen and oxygen atoms in total. The fraction of sp³-hybridized carbons (Fsp3) is 0.600.